The van der Waals surface area contributed by atoms with E-state index in [1.165, 1.54) is 6.20 Å². The Labute approximate surface area is 66.6 Å². The van der Waals surface area contributed by atoms with Gasteiger partial charge in [0.05, 0.1) is 6.20 Å². The minimum atomic E-state index is 0.132. The second kappa shape index (κ2) is 2.19. The predicted molar refractivity (Wildman–Crippen MR) is 40.0 cm³/mol. The number of hydrogen-bond acceptors (Lipinski definition) is 6. The number of anilines is 1. The molecule has 0 aliphatic rings. The molecule has 0 saturated carbocycles. The van der Waals surface area contributed by atoms with E-state index in [0.717, 1.165) is 4.68 Å². The van der Waals surface area contributed by atoms with Crippen molar-refractivity contribution in [3.63, 3.8) is 0 Å². The zero-order chi connectivity index (χ0) is 8.55. The van der Waals surface area contributed by atoms with Crippen molar-refractivity contribution in [3.05, 3.63) is 6.20 Å². The summed E-state index contributed by atoms with van der Waals surface area (Å²) in [5.74, 6) is 5.99. The quantitative estimate of drug-likeness (QED) is 0.436. The molecule has 62 valence electrons. The van der Waals surface area contributed by atoms with E-state index in [4.69, 9.17) is 11.6 Å². The van der Waals surface area contributed by atoms with Crippen LogP contribution in [0.4, 0.5) is 5.95 Å². The molecule has 0 radical (unpaired) electrons. The van der Waals surface area contributed by atoms with Crippen LogP contribution in [-0.4, -0.2) is 30.3 Å². The molecule has 5 N–H and O–H groups in total. The van der Waals surface area contributed by atoms with Crippen LogP contribution in [0, 0.1) is 0 Å². The van der Waals surface area contributed by atoms with Gasteiger partial charge in [0.1, 0.15) is 0 Å². The summed E-state index contributed by atoms with van der Waals surface area (Å²) in [6.07, 6.45) is 1.48. The van der Waals surface area contributed by atoms with Gasteiger partial charge < -0.3 is 11.6 Å². The van der Waals surface area contributed by atoms with Crippen LogP contribution in [0.5, 0.6) is 0 Å². The van der Waals surface area contributed by atoms with Gasteiger partial charge in [-0.25, -0.2) is 4.68 Å². The Morgan fingerprint density at radius 3 is 2.75 bits per heavy atom. The second-order valence-electron chi connectivity index (χ2n) is 2.11. The average Bonchev–Trinajstić information content (AvgIpc) is 2.64. The Hall–Kier alpha value is -2.12. The number of rotatable bonds is 1. The number of aromatic amines is 1. The largest absolute Gasteiger partial charge is 0.366 e. The van der Waals surface area contributed by atoms with Crippen molar-refractivity contribution >= 4 is 5.95 Å². The Balaban J connectivity index is 2.55. The summed E-state index contributed by atoms with van der Waals surface area (Å²) in [6, 6.07) is 0. The molecule has 0 spiro atoms. The van der Waals surface area contributed by atoms with Crippen LogP contribution in [0.3, 0.4) is 0 Å². The minimum absolute atomic E-state index is 0.132. The van der Waals surface area contributed by atoms with Crippen LogP contribution in [0.15, 0.2) is 6.20 Å². The molecule has 2 rings (SSSR count). The lowest BCUT2D eigenvalue weighted by Crippen LogP contribution is -2.13. The van der Waals surface area contributed by atoms with Crippen molar-refractivity contribution in [1.82, 2.24) is 30.3 Å². The first kappa shape index (κ1) is 6.58. The zero-order valence-electron chi connectivity index (χ0n) is 5.97. The molecular weight excluding hydrogens is 160 g/mol. The monoisotopic (exact) mass is 166 g/mol. The molecule has 0 bridgehead atoms. The third-order valence-corrected chi connectivity index (χ3v) is 1.37. The lowest BCUT2D eigenvalue weighted by molar-refractivity contribution is 0.931. The third kappa shape index (κ3) is 0.779. The number of nitrogens with two attached hydrogens (primary N) is 2. The highest BCUT2D eigenvalue weighted by Gasteiger charge is 2.10. The molecule has 2 heterocycles. The molecule has 0 unspecified atom stereocenters. The lowest BCUT2D eigenvalue weighted by Gasteiger charge is -1.94. The van der Waals surface area contributed by atoms with Crippen molar-refractivity contribution in [2.45, 2.75) is 0 Å². The van der Waals surface area contributed by atoms with Crippen LogP contribution in [-0.2, 0) is 0 Å². The number of aromatic nitrogens is 6. The maximum atomic E-state index is 5.48. The highest BCUT2D eigenvalue weighted by atomic mass is 15.5. The van der Waals surface area contributed by atoms with Crippen molar-refractivity contribution < 1.29 is 0 Å². The van der Waals surface area contributed by atoms with Crippen molar-refractivity contribution in [2.24, 2.45) is 0 Å². The van der Waals surface area contributed by atoms with E-state index in [2.05, 4.69) is 25.6 Å². The van der Waals surface area contributed by atoms with Gasteiger partial charge in [-0.05, 0) is 0 Å². The van der Waals surface area contributed by atoms with Crippen molar-refractivity contribution in [2.75, 3.05) is 11.6 Å². The molecule has 0 aliphatic carbocycles. The lowest BCUT2D eigenvalue weighted by atomic mass is 10.5. The first-order chi connectivity index (χ1) is 5.79. The average molecular weight is 166 g/mol. The fourth-order valence-corrected chi connectivity index (χ4v) is 0.787. The van der Waals surface area contributed by atoms with Gasteiger partial charge in [-0.2, -0.15) is 15.4 Å². The number of nitrogens with zero attached hydrogens (tertiary/aromatic N) is 5. The van der Waals surface area contributed by atoms with Gasteiger partial charge in [0.25, 0.3) is 0 Å². The van der Waals surface area contributed by atoms with Gasteiger partial charge >= 0.3 is 0 Å². The van der Waals surface area contributed by atoms with Gasteiger partial charge in [0.15, 0.2) is 5.69 Å². The Morgan fingerprint density at radius 1 is 1.42 bits per heavy atom. The maximum absolute atomic E-state index is 5.48. The molecule has 12 heavy (non-hydrogen) atoms. The standard InChI is InChI=1S/C4H6N8/c5-4-10-9-3(12(4)6)2-1-7-11-8-2/h1H,6H2,(H2,5,10)(H,7,8,11). The van der Waals surface area contributed by atoms with Crippen LogP contribution in [0.1, 0.15) is 0 Å². The first-order valence-corrected chi connectivity index (χ1v) is 3.11. The molecule has 0 aromatic carbocycles. The highest BCUT2D eigenvalue weighted by Crippen LogP contribution is 2.11. The molecular formula is C4H6N8. The molecule has 0 saturated heterocycles. The van der Waals surface area contributed by atoms with Gasteiger partial charge in [0, 0.05) is 0 Å². The summed E-state index contributed by atoms with van der Waals surface area (Å²) in [7, 11) is 0. The van der Waals surface area contributed by atoms with E-state index in [0.29, 0.717) is 11.5 Å². The predicted octanol–water partition coefficient (Wildman–Crippen LogP) is -1.64. The van der Waals surface area contributed by atoms with Gasteiger partial charge in [-0.3, -0.25) is 0 Å². The van der Waals surface area contributed by atoms with Crippen LogP contribution in [0.25, 0.3) is 11.5 Å². The smallest absolute Gasteiger partial charge is 0.241 e. The Morgan fingerprint density at radius 2 is 2.25 bits per heavy atom. The highest BCUT2D eigenvalue weighted by molar-refractivity contribution is 5.49. The molecule has 0 aliphatic heterocycles. The third-order valence-electron chi connectivity index (χ3n) is 1.37. The van der Waals surface area contributed by atoms with Crippen LogP contribution < -0.4 is 11.6 Å². The summed E-state index contributed by atoms with van der Waals surface area (Å²) >= 11 is 0. The van der Waals surface area contributed by atoms with Gasteiger partial charge in [0.2, 0.25) is 11.8 Å². The number of H-pyrrole nitrogens is 1. The zero-order valence-corrected chi connectivity index (χ0v) is 5.97. The molecule has 2 aromatic heterocycles. The Kier molecular flexibility index (Phi) is 1.20. The number of hydrogen-bond donors (Lipinski definition) is 3. The number of nitrogen functional groups attached to an aromatic ring is 2. The minimum Gasteiger partial charge on any atom is -0.366 e. The summed E-state index contributed by atoms with van der Waals surface area (Å²) in [6.45, 7) is 0. The molecule has 0 fully saturated rings. The normalized spacial score (nSPS) is 10.3. The fourth-order valence-electron chi connectivity index (χ4n) is 0.787. The van der Waals surface area contributed by atoms with E-state index in [9.17, 15) is 0 Å². The van der Waals surface area contributed by atoms with Gasteiger partial charge in [-0.15, -0.1) is 10.2 Å². The maximum Gasteiger partial charge on any atom is 0.241 e. The fraction of sp³-hybridized carbons (Fsp3) is 0. The molecule has 8 heteroatoms. The van der Waals surface area contributed by atoms with Crippen molar-refractivity contribution in [3.8, 4) is 11.5 Å². The summed E-state index contributed by atoms with van der Waals surface area (Å²) in [4.78, 5) is 0. The molecule has 2 aromatic rings. The summed E-state index contributed by atoms with van der Waals surface area (Å²) < 4.78 is 1.14. The first-order valence-electron chi connectivity index (χ1n) is 3.11. The van der Waals surface area contributed by atoms with E-state index >= 15 is 0 Å². The van der Waals surface area contributed by atoms with Crippen LogP contribution >= 0.6 is 0 Å². The second-order valence-corrected chi connectivity index (χ2v) is 2.11. The molecule has 0 amide bonds. The number of nitrogens with one attached hydrogen (secondary N) is 1. The Bertz CT molecular complexity index is 372. The van der Waals surface area contributed by atoms with Crippen molar-refractivity contribution in [1.29, 1.82) is 0 Å². The van der Waals surface area contributed by atoms with E-state index in [1.807, 2.05) is 0 Å². The topological polar surface area (TPSA) is 124 Å². The molecule has 0 atom stereocenters. The van der Waals surface area contributed by atoms with Crippen LogP contribution in [0.2, 0.25) is 0 Å². The van der Waals surface area contributed by atoms with Gasteiger partial charge in [-0.1, -0.05) is 0 Å². The summed E-state index contributed by atoms with van der Waals surface area (Å²) in [5.41, 5.74) is 5.85. The molecule has 8 nitrogen and oxygen atoms in total. The van der Waals surface area contributed by atoms with E-state index < -0.39 is 0 Å². The van der Waals surface area contributed by atoms with E-state index in [-0.39, 0.29) is 5.95 Å². The van der Waals surface area contributed by atoms with E-state index in [1.54, 1.807) is 0 Å². The SMILES string of the molecule is Nc1nnc(-c2cn[nH]n2)n1N. The summed E-state index contributed by atoms with van der Waals surface area (Å²) in [5, 5.41) is 17.0.